The van der Waals surface area contributed by atoms with E-state index in [1.54, 1.807) is 6.92 Å². The number of nitrogens with one attached hydrogen (secondary N) is 1. The minimum Gasteiger partial charge on any atom is -0.207 e. The van der Waals surface area contributed by atoms with Crippen molar-refractivity contribution in [2.24, 2.45) is 0 Å². The Morgan fingerprint density at radius 3 is 2.19 bits per heavy atom. The predicted molar refractivity (Wildman–Crippen MR) is 86.7 cm³/mol. The first-order valence-electron chi connectivity index (χ1n) is 6.03. The monoisotopic (exact) mass is 363 g/mol. The highest BCUT2D eigenvalue weighted by atomic mass is 35.5. The first kappa shape index (κ1) is 16.6. The second-order valence-corrected chi connectivity index (χ2v) is 7.27. The van der Waals surface area contributed by atoms with Crippen LogP contribution in [0.2, 0.25) is 15.1 Å². The van der Waals surface area contributed by atoms with Gasteiger partial charge in [0.15, 0.2) is 0 Å². The summed E-state index contributed by atoms with van der Waals surface area (Å²) in [6, 6.07) is 11.5. The molecule has 0 aliphatic rings. The van der Waals surface area contributed by atoms with E-state index in [-0.39, 0.29) is 20.0 Å². The normalized spacial score (nSPS) is 13.1. The van der Waals surface area contributed by atoms with Gasteiger partial charge < -0.3 is 0 Å². The van der Waals surface area contributed by atoms with Gasteiger partial charge in [-0.3, -0.25) is 0 Å². The SMILES string of the molecule is CC(NS(=O)(=O)c1ccc(Cl)c(Cl)c1Cl)c1ccccc1. The van der Waals surface area contributed by atoms with E-state index in [4.69, 9.17) is 34.8 Å². The average molecular weight is 365 g/mol. The van der Waals surface area contributed by atoms with Gasteiger partial charge in [0.1, 0.15) is 4.90 Å². The molecule has 2 rings (SSSR count). The highest BCUT2D eigenvalue weighted by molar-refractivity contribution is 7.89. The van der Waals surface area contributed by atoms with Crippen molar-refractivity contribution >= 4 is 44.8 Å². The van der Waals surface area contributed by atoms with Gasteiger partial charge in [0.05, 0.1) is 15.1 Å². The second-order valence-electron chi connectivity index (χ2n) is 4.43. The Hall–Kier alpha value is -0.780. The minimum atomic E-state index is -3.80. The molecule has 1 unspecified atom stereocenters. The maximum atomic E-state index is 12.4. The van der Waals surface area contributed by atoms with E-state index >= 15 is 0 Å². The number of sulfonamides is 1. The fourth-order valence-electron chi connectivity index (χ4n) is 1.82. The molecule has 0 bridgehead atoms. The molecule has 21 heavy (non-hydrogen) atoms. The summed E-state index contributed by atoms with van der Waals surface area (Å²) in [5, 5.41) is 0.141. The minimum absolute atomic E-state index is 0.0218. The molecule has 0 aliphatic heterocycles. The Balaban J connectivity index is 2.33. The molecule has 2 aromatic carbocycles. The molecule has 0 heterocycles. The van der Waals surface area contributed by atoms with Gasteiger partial charge in [-0.15, -0.1) is 0 Å². The third-order valence-corrected chi connectivity index (χ3v) is 5.91. The van der Waals surface area contributed by atoms with Gasteiger partial charge in [0, 0.05) is 6.04 Å². The zero-order valence-corrected chi connectivity index (χ0v) is 14.1. The highest BCUT2D eigenvalue weighted by Crippen LogP contribution is 2.35. The molecule has 0 aliphatic carbocycles. The molecule has 7 heteroatoms. The molecular formula is C14H12Cl3NO2S. The van der Waals surface area contributed by atoms with E-state index in [2.05, 4.69) is 4.72 Å². The average Bonchev–Trinajstić information content (AvgIpc) is 2.45. The summed E-state index contributed by atoms with van der Waals surface area (Å²) >= 11 is 17.7. The molecule has 2 aromatic rings. The van der Waals surface area contributed by atoms with Crippen LogP contribution in [0.1, 0.15) is 18.5 Å². The lowest BCUT2D eigenvalue weighted by molar-refractivity contribution is 0.567. The maximum Gasteiger partial charge on any atom is 0.242 e. The molecule has 0 fully saturated rings. The van der Waals surface area contributed by atoms with E-state index in [0.717, 1.165) is 5.56 Å². The lowest BCUT2D eigenvalue weighted by Crippen LogP contribution is -2.27. The van der Waals surface area contributed by atoms with Crippen LogP contribution in [0.15, 0.2) is 47.4 Å². The van der Waals surface area contributed by atoms with E-state index in [0.29, 0.717) is 0 Å². The van der Waals surface area contributed by atoms with Crippen molar-refractivity contribution < 1.29 is 8.42 Å². The number of hydrogen-bond donors (Lipinski definition) is 1. The van der Waals surface area contributed by atoms with Gasteiger partial charge in [0.2, 0.25) is 10.0 Å². The van der Waals surface area contributed by atoms with Crippen LogP contribution in [0.3, 0.4) is 0 Å². The lowest BCUT2D eigenvalue weighted by Gasteiger charge is -2.16. The fraction of sp³-hybridized carbons (Fsp3) is 0.143. The lowest BCUT2D eigenvalue weighted by atomic mass is 10.1. The molecule has 112 valence electrons. The van der Waals surface area contributed by atoms with Crippen molar-refractivity contribution in [3.8, 4) is 0 Å². The molecule has 0 amide bonds. The Morgan fingerprint density at radius 2 is 1.57 bits per heavy atom. The van der Waals surface area contributed by atoms with Crippen LogP contribution in [0, 0.1) is 0 Å². The van der Waals surface area contributed by atoms with Crippen molar-refractivity contribution in [3.63, 3.8) is 0 Å². The summed E-state index contributed by atoms with van der Waals surface area (Å²) in [5.41, 5.74) is 0.845. The maximum absolute atomic E-state index is 12.4. The van der Waals surface area contributed by atoms with Gasteiger partial charge >= 0.3 is 0 Å². The summed E-state index contributed by atoms with van der Waals surface area (Å²) in [4.78, 5) is -0.0960. The predicted octanol–water partition coefficient (Wildman–Crippen LogP) is 4.69. The Bertz CT molecular complexity index is 748. The zero-order chi connectivity index (χ0) is 15.6. The van der Waals surface area contributed by atoms with Crippen LogP contribution in [0.5, 0.6) is 0 Å². The van der Waals surface area contributed by atoms with Crippen molar-refractivity contribution in [2.75, 3.05) is 0 Å². The molecule has 3 nitrogen and oxygen atoms in total. The number of hydrogen-bond acceptors (Lipinski definition) is 2. The van der Waals surface area contributed by atoms with Crippen LogP contribution in [-0.4, -0.2) is 8.42 Å². The highest BCUT2D eigenvalue weighted by Gasteiger charge is 2.23. The third-order valence-electron chi connectivity index (χ3n) is 2.92. The number of rotatable bonds is 4. The van der Waals surface area contributed by atoms with Crippen LogP contribution in [-0.2, 0) is 10.0 Å². The van der Waals surface area contributed by atoms with Gasteiger partial charge in [-0.05, 0) is 24.6 Å². The van der Waals surface area contributed by atoms with Gasteiger partial charge in [-0.1, -0.05) is 65.1 Å². The molecule has 0 aromatic heterocycles. The molecule has 0 saturated heterocycles. The first-order valence-corrected chi connectivity index (χ1v) is 8.65. The van der Waals surface area contributed by atoms with Gasteiger partial charge in [-0.25, -0.2) is 13.1 Å². The molecule has 0 spiro atoms. The van der Waals surface area contributed by atoms with Gasteiger partial charge in [0.25, 0.3) is 0 Å². The first-order chi connectivity index (χ1) is 9.83. The van der Waals surface area contributed by atoms with E-state index in [1.807, 2.05) is 30.3 Å². The van der Waals surface area contributed by atoms with Crippen molar-refractivity contribution in [2.45, 2.75) is 17.9 Å². The van der Waals surface area contributed by atoms with Crippen LogP contribution < -0.4 is 4.72 Å². The smallest absolute Gasteiger partial charge is 0.207 e. The van der Waals surface area contributed by atoms with E-state index in [9.17, 15) is 8.42 Å². The summed E-state index contributed by atoms with van der Waals surface area (Å²) in [6.45, 7) is 1.75. The molecule has 0 radical (unpaired) electrons. The number of benzene rings is 2. The molecule has 1 N–H and O–H groups in total. The second kappa shape index (κ2) is 6.55. The standard InChI is InChI=1S/C14H12Cl3NO2S/c1-9(10-5-3-2-4-6-10)18-21(19,20)12-8-7-11(15)13(16)14(12)17/h2-9,18H,1H3. The third kappa shape index (κ3) is 3.71. The Labute approximate surface area is 138 Å². The van der Waals surface area contributed by atoms with Gasteiger partial charge in [-0.2, -0.15) is 0 Å². The van der Waals surface area contributed by atoms with Crippen molar-refractivity contribution in [1.82, 2.24) is 4.72 Å². The van der Waals surface area contributed by atoms with Crippen LogP contribution in [0.25, 0.3) is 0 Å². The van der Waals surface area contributed by atoms with E-state index < -0.39 is 16.1 Å². The quantitative estimate of drug-likeness (QED) is 0.800. The molecule has 0 saturated carbocycles. The summed E-state index contributed by atoms with van der Waals surface area (Å²) in [6.07, 6.45) is 0. The Morgan fingerprint density at radius 1 is 0.952 bits per heavy atom. The van der Waals surface area contributed by atoms with Crippen molar-refractivity contribution in [1.29, 1.82) is 0 Å². The molecule has 1 atom stereocenters. The van der Waals surface area contributed by atoms with Crippen LogP contribution >= 0.6 is 34.8 Å². The topological polar surface area (TPSA) is 46.2 Å². The summed E-state index contributed by atoms with van der Waals surface area (Å²) in [7, 11) is -3.80. The Kier molecular flexibility index (Phi) is 5.17. The van der Waals surface area contributed by atoms with Crippen LogP contribution in [0.4, 0.5) is 0 Å². The summed E-state index contributed by atoms with van der Waals surface area (Å²) in [5.74, 6) is 0. The number of halogens is 3. The van der Waals surface area contributed by atoms with E-state index in [1.165, 1.54) is 12.1 Å². The fourth-order valence-corrected chi connectivity index (χ4v) is 4.03. The molecular weight excluding hydrogens is 353 g/mol. The van der Waals surface area contributed by atoms with Crippen molar-refractivity contribution in [3.05, 3.63) is 63.1 Å². The summed E-state index contributed by atoms with van der Waals surface area (Å²) < 4.78 is 27.4. The largest absolute Gasteiger partial charge is 0.242 e. The zero-order valence-electron chi connectivity index (χ0n) is 11.0.